The Kier molecular flexibility index (Phi) is 5.47. The summed E-state index contributed by atoms with van der Waals surface area (Å²) in [5.41, 5.74) is 3.93. The maximum atomic E-state index is 13.6. The first-order valence-electron chi connectivity index (χ1n) is 12.3. The van der Waals surface area contributed by atoms with E-state index in [4.69, 9.17) is 24.3 Å². The summed E-state index contributed by atoms with van der Waals surface area (Å²) >= 11 is 0. The van der Waals surface area contributed by atoms with E-state index in [9.17, 15) is 4.79 Å². The Balaban J connectivity index is 1.49. The third-order valence-electron chi connectivity index (χ3n) is 7.08. The molecular weight excluding hydrogens is 468 g/mol. The fraction of sp³-hybridized carbons (Fsp3) is 0.310. The highest BCUT2D eigenvalue weighted by Crippen LogP contribution is 2.50. The lowest BCUT2D eigenvalue weighted by Crippen LogP contribution is -2.33. The Morgan fingerprint density at radius 3 is 2.35 bits per heavy atom. The van der Waals surface area contributed by atoms with Crippen molar-refractivity contribution in [2.75, 3.05) is 14.2 Å². The predicted octanol–water partition coefficient (Wildman–Crippen LogP) is 4.90. The van der Waals surface area contributed by atoms with Crippen molar-refractivity contribution in [1.82, 2.24) is 19.6 Å². The number of hydrogen-bond acceptors (Lipinski definition) is 7. The molecule has 3 heterocycles. The summed E-state index contributed by atoms with van der Waals surface area (Å²) in [6, 6.07) is 15.7. The number of ketones is 1. The number of ether oxygens (including phenoxy) is 3. The molecule has 0 bridgehead atoms. The van der Waals surface area contributed by atoms with E-state index < -0.39 is 0 Å². The van der Waals surface area contributed by atoms with Crippen molar-refractivity contribution in [3.63, 3.8) is 0 Å². The van der Waals surface area contributed by atoms with E-state index in [1.807, 2.05) is 48.5 Å². The lowest BCUT2D eigenvalue weighted by Gasteiger charge is -2.37. The number of allylic oxidation sites excluding steroid dienone is 2. The van der Waals surface area contributed by atoms with E-state index in [1.54, 1.807) is 25.1 Å². The smallest absolute Gasteiger partial charge is 0.228 e. The zero-order chi connectivity index (χ0) is 25.7. The molecule has 1 aliphatic heterocycles. The van der Waals surface area contributed by atoms with E-state index in [0.29, 0.717) is 47.9 Å². The second-order valence-electron chi connectivity index (χ2n) is 10.4. The van der Waals surface area contributed by atoms with Crippen molar-refractivity contribution < 1.29 is 19.0 Å². The fourth-order valence-corrected chi connectivity index (χ4v) is 5.32. The Hall–Kier alpha value is -4.20. The molecule has 0 unspecified atom stereocenters. The second kappa shape index (κ2) is 8.73. The van der Waals surface area contributed by atoms with Crippen LogP contribution in [0.5, 0.6) is 17.4 Å². The summed E-state index contributed by atoms with van der Waals surface area (Å²) in [6.45, 7) is 4.19. The highest BCUT2D eigenvalue weighted by molar-refractivity contribution is 6.00. The molecule has 0 spiro atoms. The van der Waals surface area contributed by atoms with Gasteiger partial charge in [0.15, 0.2) is 17.3 Å². The van der Waals surface area contributed by atoms with Crippen LogP contribution < -0.4 is 14.2 Å². The summed E-state index contributed by atoms with van der Waals surface area (Å²) in [7, 11) is 3.29. The molecule has 1 atom stereocenters. The van der Waals surface area contributed by atoms with Crippen molar-refractivity contribution in [2.24, 2.45) is 5.41 Å². The summed E-state index contributed by atoms with van der Waals surface area (Å²) in [5.74, 6) is 3.12. The molecule has 2 aliphatic rings. The van der Waals surface area contributed by atoms with E-state index in [-0.39, 0.29) is 17.1 Å². The van der Waals surface area contributed by atoms with Crippen molar-refractivity contribution in [1.29, 1.82) is 0 Å². The van der Waals surface area contributed by atoms with Crippen LogP contribution in [0.25, 0.3) is 5.65 Å². The maximum absolute atomic E-state index is 13.6. The third kappa shape index (κ3) is 4.12. The largest absolute Gasteiger partial charge is 0.497 e. The molecule has 37 heavy (non-hydrogen) atoms. The molecule has 2 aromatic heterocycles. The molecule has 0 radical (unpaired) electrons. The number of fused-ring (bicyclic) bond motifs is 3. The van der Waals surface area contributed by atoms with Gasteiger partial charge in [-0.1, -0.05) is 38.1 Å². The van der Waals surface area contributed by atoms with Crippen molar-refractivity contribution in [3.05, 3.63) is 88.7 Å². The van der Waals surface area contributed by atoms with Crippen molar-refractivity contribution in [2.45, 2.75) is 39.0 Å². The normalized spacial score (nSPS) is 18.3. The molecule has 0 N–H and O–H groups in total. The number of carbonyl (C=O) groups excluding carboxylic acids is 1. The summed E-state index contributed by atoms with van der Waals surface area (Å²) < 4.78 is 18.6. The zero-order valence-corrected chi connectivity index (χ0v) is 21.3. The number of carbonyl (C=O) groups is 1. The summed E-state index contributed by atoms with van der Waals surface area (Å²) in [6.07, 6.45) is 3.31. The van der Waals surface area contributed by atoms with Crippen LogP contribution in [0.15, 0.2) is 66.2 Å². The number of rotatable bonds is 5. The molecular formula is C29H28N4O4. The SMILES string of the molecule is COc1ccc(Cc2nc3c4c(ncn3n2)OC2=C(C(=O)CC(C)(C)C2)[C@H]4c2ccc(OC)cc2)cc1. The Bertz CT molecular complexity index is 1530. The monoisotopic (exact) mass is 496 g/mol. The van der Waals surface area contributed by atoms with Gasteiger partial charge in [0, 0.05) is 30.8 Å². The maximum Gasteiger partial charge on any atom is 0.228 e. The highest BCUT2D eigenvalue weighted by atomic mass is 16.5. The van der Waals surface area contributed by atoms with Crippen LogP contribution >= 0.6 is 0 Å². The van der Waals surface area contributed by atoms with Crippen LogP contribution in [0.4, 0.5) is 0 Å². The standard InChI is InChI=1S/C29H28N4O4/c1-29(2)14-21(34)25-22(15-29)37-28-26(24(25)18-7-11-20(36-4)12-8-18)27-31-23(32-33(27)16-30-28)13-17-5-9-19(35-3)10-6-17/h5-12,16,24H,13-15H2,1-4H3/t24-/m1/s1. The van der Waals surface area contributed by atoms with E-state index in [0.717, 1.165) is 28.2 Å². The molecule has 188 valence electrons. The van der Waals surface area contributed by atoms with Crippen molar-refractivity contribution >= 4 is 11.4 Å². The minimum absolute atomic E-state index is 0.0951. The van der Waals surface area contributed by atoms with E-state index in [1.165, 1.54) is 0 Å². The molecule has 1 aliphatic carbocycles. The van der Waals surface area contributed by atoms with Gasteiger partial charge in [-0.05, 0) is 40.8 Å². The van der Waals surface area contributed by atoms with Gasteiger partial charge in [-0.2, -0.15) is 0 Å². The average molecular weight is 497 g/mol. The van der Waals surface area contributed by atoms with Crippen LogP contribution in [0.2, 0.25) is 0 Å². The van der Waals surface area contributed by atoms with Gasteiger partial charge in [-0.25, -0.2) is 14.5 Å². The molecule has 0 amide bonds. The van der Waals surface area contributed by atoms with Crippen LogP contribution in [0.1, 0.15) is 55.1 Å². The molecule has 8 nitrogen and oxygen atoms in total. The van der Waals surface area contributed by atoms with E-state index >= 15 is 0 Å². The zero-order valence-electron chi connectivity index (χ0n) is 21.3. The topological polar surface area (TPSA) is 87.8 Å². The second-order valence-corrected chi connectivity index (χ2v) is 10.4. The molecule has 6 rings (SSSR count). The highest BCUT2D eigenvalue weighted by Gasteiger charge is 2.44. The average Bonchev–Trinajstić information content (AvgIpc) is 3.30. The lowest BCUT2D eigenvalue weighted by molar-refractivity contribution is -0.118. The Labute approximate surface area is 214 Å². The molecule has 2 aromatic carbocycles. The summed E-state index contributed by atoms with van der Waals surface area (Å²) in [5, 5.41) is 4.70. The number of benzene rings is 2. The molecule has 8 heteroatoms. The van der Waals surface area contributed by atoms with Crippen LogP contribution in [0, 0.1) is 5.41 Å². The fourth-order valence-electron chi connectivity index (χ4n) is 5.32. The van der Waals surface area contributed by atoms with Gasteiger partial charge in [0.25, 0.3) is 0 Å². The van der Waals surface area contributed by atoms with Gasteiger partial charge >= 0.3 is 0 Å². The van der Waals surface area contributed by atoms with E-state index in [2.05, 4.69) is 18.8 Å². The predicted molar refractivity (Wildman–Crippen MR) is 137 cm³/mol. The Morgan fingerprint density at radius 1 is 1.00 bits per heavy atom. The quantitative estimate of drug-likeness (QED) is 0.388. The third-order valence-corrected chi connectivity index (χ3v) is 7.08. The minimum Gasteiger partial charge on any atom is -0.497 e. The summed E-state index contributed by atoms with van der Waals surface area (Å²) in [4.78, 5) is 23.1. The first-order valence-corrected chi connectivity index (χ1v) is 12.3. The molecule has 0 fully saturated rings. The minimum atomic E-state index is -0.359. The number of aromatic nitrogens is 4. The number of nitrogens with zero attached hydrogens (tertiary/aromatic N) is 4. The Morgan fingerprint density at radius 2 is 1.68 bits per heavy atom. The van der Waals surface area contributed by atoms with Gasteiger partial charge in [0.2, 0.25) is 5.88 Å². The number of methoxy groups -OCH3 is 2. The number of hydrogen-bond donors (Lipinski definition) is 0. The number of Topliss-reactive ketones (excluding diaryl/α,β-unsaturated/α-hetero) is 1. The van der Waals surface area contributed by atoms with Gasteiger partial charge in [0.05, 0.1) is 19.8 Å². The van der Waals surface area contributed by atoms with Crippen LogP contribution in [-0.4, -0.2) is 39.6 Å². The van der Waals surface area contributed by atoms with Crippen LogP contribution in [0.3, 0.4) is 0 Å². The molecule has 4 aromatic rings. The molecule has 0 saturated carbocycles. The first kappa shape index (κ1) is 23.2. The van der Waals surface area contributed by atoms with Gasteiger partial charge in [0.1, 0.15) is 23.6 Å². The van der Waals surface area contributed by atoms with Gasteiger partial charge < -0.3 is 14.2 Å². The lowest BCUT2D eigenvalue weighted by atomic mass is 9.70. The van der Waals surface area contributed by atoms with Gasteiger partial charge in [-0.15, -0.1) is 5.10 Å². The van der Waals surface area contributed by atoms with Gasteiger partial charge in [-0.3, -0.25) is 4.79 Å². The first-order chi connectivity index (χ1) is 17.8. The van der Waals surface area contributed by atoms with Crippen LogP contribution in [-0.2, 0) is 11.2 Å². The molecule has 0 saturated heterocycles. The van der Waals surface area contributed by atoms with Crippen molar-refractivity contribution in [3.8, 4) is 17.4 Å².